The first kappa shape index (κ1) is 39.6. The van der Waals surface area contributed by atoms with Crippen molar-refractivity contribution in [3.63, 3.8) is 0 Å². The van der Waals surface area contributed by atoms with E-state index in [4.69, 9.17) is 15.0 Å². The van der Waals surface area contributed by atoms with Crippen LogP contribution in [0.1, 0.15) is 0 Å². The van der Waals surface area contributed by atoms with Crippen molar-refractivity contribution in [2.24, 2.45) is 0 Å². The Bertz CT molecular complexity index is 3880. The van der Waals surface area contributed by atoms with E-state index in [-0.39, 0.29) is 0 Å². The van der Waals surface area contributed by atoms with Crippen LogP contribution in [0.2, 0.25) is 0 Å². The van der Waals surface area contributed by atoms with Crippen LogP contribution in [0.15, 0.2) is 243 Å². The van der Waals surface area contributed by atoms with Crippen LogP contribution in [0.25, 0.3) is 126 Å². The number of nitrogens with zero attached hydrogens (tertiary/aromatic N) is 4. The van der Waals surface area contributed by atoms with Crippen molar-refractivity contribution in [1.82, 2.24) is 19.5 Å². The minimum atomic E-state index is 0.615. The second-order valence-corrected chi connectivity index (χ2v) is 18.3. The number of rotatable bonds is 8. The Morgan fingerprint density at radius 2 is 0.765 bits per heavy atom. The molecule has 0 radical (unpaired) electrons. The van der Waals surface area contributed by atoms with Crippen molar-refractivity contribution in [2.45, 2.75) is 0 Å². The number of fused-ring (bicyclic) bond motifs is 6. The van der Waals surface area contributed by atoms with Gasteiger partial charge >= 0.3 is 0 Å². The van der Waals surface area contributed by atoms with Gasteiger partial charge in [0.25, 0.3) is 0 Å². The molecule has 0 fully saturated rings. The molecule has 0 spiro atoms. The smallest absolute Gasteiger partial charge is 0.164 e. The summed E-state index contributed by atoms with van der Waals surface area (Å²) < 4.78 is 4.89. The van der Waals surface area contributed by atoms with Crippen LogP contribution in [0.3, 0.4) is 0 Å². The van der Waals surface area contributed by atoms with E-state index in [0.717, 1.165) is 55.8 Å². The van der Waals surface area contributed by atoms with Crippen LogP contribution in [0, 0.1) is 0 Å². The zero-order chi connectivity index (χ0) is 45.0. The Morgan fingerprint density at radius 1 is 0.265 bits per heavy atom. The van der Waals surface area contributed by atoms with Crippen LogP contribution in [0.5, 0.6) is 0 Å². The van der Waals surface area contributed by atoms with Gasteiger partial charge in [0.1, 0.15) is 0 Å². The molecule has 0 aliphatic heterocycles. The lowest BCUT2D eigenvalue weighted by atomic mass is 9.90. The normalized spacial score (nSPS) is 11.5. The Labute approximate surface area is 397 Å². The molecular formula is C63H40N4S. The van der Waals surface area contributed by atoms with E-state index >= 15 is 0 Å². The maximum absolute atomic E-state index is 5.31. The molecule has 0 saturated carbocycles. The molecule has 0 N–H and O–H groups in total. The molecule has 0 aliphatic carbocycles. The minimum absolute atomic E-state index is 0.615. The van der Waals surface area contributed by atoms with Gasteiger partial charge in [-0.1, -0.05) is 182 Å². The van der Waals surface area contributed by atoms with E-state index in [0.29, 0.717) is 17.5 Å². The van der Waals surface area contributed by atoms with Crippen molar-refractivity contribution >= 4 is 53.3 Å². The number of thiophene rings is 1. The number of benzene rings is 10. The van der Waals surface area contributed by atoms with Gasteiger partial charge in [-0.05, 0) is 105 Å². The molecule has 68 heavy (non-hydrogen) atoms. The molecule has 318 valence electrons. The van der Waals surface area contributed by atoms with Crippen molar-refractivity contribution in [2.75, 3.05) is 0 Å². The second kappa shape index (κ2) is 16.6. The number of para-hydroxylation sites is 2. The second-order valence-electron chi connectivity index (χ2n) is 17.2. The van der Waals surface area contributed by atoms with Gasteiger partial charge in [0.15, 0.2) is 17.5 Å². The van der Waals surface area contributed by atoms with E-state index in [1.54, 1.807) is 0 Å². The van der Waals surface area contributed by atoms with Crippen molar-refractivity contribution in [3.05, 3.63) is 243 Å². The highest BCUT2D eigenvalue weighted by molar-refractivity contribution is 7.26. The lowest BCUT2D eigenvalue weighted by molar-refractivity contribution is 1.07. The topological polar surface area (TPSA) is 43.6 Å². The summed E-state index contributed by atoms with van der Waals surface area (Å²) in [7, 11) is 0. The molecular weight excluding hydrogens is 845 g/mol. The molecule has 13 aromatic rings. The molecule has 0 bridgehead atoms. The van der Waals surface area contributed by atoms with E-state index in [9.17, 15) is 0 Å². The Kier molecular flexibility index (Phi) is 9.66. The highest BCUT2D eigenvalue weighted by Gasteiger charge is 2.20. The molecule has 0 unspecified atom stereocenters. The molecule has 0 amide bonds. The van der Waals surface area contributed by atoms with Crippen LogP contribution in [-0.4, -0.2) is 19.5 Å². The van der Waals surface area contributed by atoms with Crippen LogP contribution in [0.4, 0.5) is 0 Å². The van der Waals surface area contributed by atoms with E-state index in [2.05, 4.69) is 211 Å². The third-order valence-electron chi connectivity index (χ3n) is 13.0. The summed E-state index contributed by atoms with van der Waals surface area (Å²) in [5.41, 5.74) is 15.3. The summed E-state index contributed by atoms with van der Waals surface area (Å²) in [6.07, 6.45) is 0. The van der Waals surface area contributed by atoms with Gasteiger partial charge < -0.3 is 4.57 Å². The monoisotopic (exact) mass is 884 g/mol. The van der Waals surface area contributed by atoms with Gasteiger partial charge in [-0.2, -0.15) is 0 Å². The van der Waals surface area contributed by atoms with E-state index in [1.807, 2.05) is 47.7 Å². The van der Waals surface area contributed by atoms with Crippen LogP contribution >= 0.6 is 11.3 Å². The molecule has 10 aromatic carbocycles. The number of hydrogen-bond donors (Lipinski definition) is 0. The maximum Gasteiger partial charge on any atom is 0.164 e. The summed E-state index contributed by atoms with van der Waals surface area (Å²) >= 11 is 1.85. The van der Waals surface area contributed by atoms with E-state index in [1.165, 1.54) is 53.1 Å². The first-order chi connectivity index (χ1) is 33.7. The SMILES string of the molecule is c1ccc(-c2cc(-c3ccccc3)cc(-c3ccc(-c4ccc5c(c4)sc4cc6c7ccccc7n(-c7ccccc7)c6cc45)c(-c4nc(-c5ccccc5)nc(-c5ccccc5)n4)c3)c2)cc1. The average Bonchev–Trinajstić information content (AvgIpc) is 3.95. The predicted molar refractivity (Wildman–Crippen MR) is 285 cm³/mol. The lowest BCUT2D eigenvalue weighted by Crippen LogP contribution is -2.01. The van der Waals surface area contributed by atoms with Crippen LogP contribution < -0.4 is 0 Å². The molecule has 3 aromatic heterocycles. The molecule has 0 atom stereocenters. The summed E-state index contributed by atoms with van der Waals surface area (Å²) in [5.74, 6) is 1.87. The third kappa shape index (κ3) is 7.05. The zero-order valence-corrected chi connectivity index (χ0v) is 37.6. The van der Waals surface area contributed by atoms with E-state index < -0.39 is 0 Å². The largest absolute Gasteiger partial charge is 0.309 e. The average molecular weight is 885 g/mol. The highest BCUT2D eigenvalue weighted by atomic mass is 32.1. The third-order valence-corrected chi connectivity index (χ3v) is 14.1. The number of aromatic nitrogens is 4. The Balaban J connectivity index is 1.03. The summed E-state index contributed by atoms with van der Waals surface area (Å²) in [5, 5.41) is 5.00. The summed E-state index contributed by atoms with van der Waals surface area (Å²) in [6.45, 7) is 0. The lowest BCUT2D eigenvalue weighted by Gasteiger charge is -2.16. The molecule has 4 nitrogen and oxygen atoms in total. The predicted octanol–water partition coefficient (Wildman–Crippen LogP) is 17.0. The molecule has 5 heteroatoms. The van der Waals surface area contributed by atoms with Gasteiger partial charge in [0.2, 0.25) is 0 Å². The summed E-state index contributed by atoms with van der Waals surface area (Å²) in [4.78, 5) is 15.7. The van der Waals surface area contributed by atoms with Gasteiger partial charge in [-0.25, -0.2) is 15.0 Å². The summed E-state index contributed by atoms with van der Waals surface area (Å²) in [6, 6.07) is 86.5. The minimum Gasteiger partial charge on any atom is -0.309 e. The highest BCUT2D eigenvalue weighted by Crippen LogP contribution is 2.44. The Hall–Kier alpha value is -8.77. The molecule has 3 heterocycles. The van der Waals surface area contributed by atoms with Crippen molar-refractivity contribution in [3.8, 4) is 84.4 Å². The van der Waals surface area contributed by atoms with Gasteiger partial charge in [0, 0.05) is 53.3 Å². The van der Waals surface area contributed by atoms with Gasteiger partial charge in [0.05, 0.1) is 11.0 Å². The fourth-order valence-electron chi connectivity index (χ4n) is 9.74. The quantitative estimate of drug-likeness (QED) is 0.153. The first-order valence-corrected chi connectivity index (χ1v) is 23.7. The standard InChI is InChI=1S/C63H40N4S/c1-6-18-41(19-7-1)47-34-48(42-20-8-2-9-21-42)36-49(35-47)45-30-32-51(56(37-45)63-65-61(43-22-10-3-11-23-43)64-62(66-63)44-24-12-4-13-25-44)46-31-33-53-55-39-58-54(40-60(55)68-59(53)38-46)52-28-16-17-29-57(52)67(58)50-26-14-5-15-27-50/h1-40H. The fraction of sp³-hybridized carbons (Fsp3) is 0. The van der Waals surface area contributed by atoms with Gasteiger partial charge in [-0.15, -0.1) is 11.3 Å². The van der Waals surface area contributed by atoms with Crippen molar-refractivity contribution in [1.29, 1.82) is 0 Å². The molecule has 0 saturated heterocycles. The Morgan fingerprint density at radius 3 is 1.38 bits per heavy atom. The number of hydrogen-bond acceptors (Lipinski definition) is 4. The van der Waals surface area contributed by atoms with Gasteiger partial charge in [-0.3, -0.25) is 0 Å². The fourth-order valence-corrected chi connectivity index (χ4v) is 10.9. The van der Waals surface area contributed by atoms with Crippen molar-refractivity contribution < 1.29 is 0 Å². The molecule has 0 aliphatic rings. The molecule has 13 rings (SSSR count). The maximum atomic E-state index is 5.31. The first-order valence-electron chi connectivity index (χ1n) is 22.9. The van der Waals surface area contributed by atoms with Crippen LogP contribution in [-0.2, 0) is 0 Å². The zero-order valence-electron chi connectivity index (χ0n) is 36.8.